The molecule has 0 bridgehead atoms. The molecular formula is C19H29N5O6. The number of hydrogen-bond donors (Lipinski definition) is 5. The fourth-order valence-corrected chi connectivity index (χ4v) is 4.18. The largest absolute Gasteiger partial charge is 0.394 e. The van der Waals surface area contributed by atoms with Gasteiger partial charge in [0.1, 0.15) is 29.9 Å². The summed E-state index contributed by atoms with van der Waals surface area (Å²) in [6.07, 6.45) is 0.680. The highest BCUT2D eigenvalue weighted by Gasteiger charge is 2.44. The van der Waals surface area contributed by atoms with E-state index in [-0.39, 0.29) is 19.1 Å². The number of Topliss-reactive ketones (excluding diaryl/α,β-unsaturated/α-hetero) is 1. The van der Waals surface area contributed by atoms with Crippen LogP contribution in [-0.4, -0.2) is 83.8 Å². The predicted octanol–water partition coefficient (Wildman–Crippen LogP) is -0.682. The molecule has 1 aromatic heterocycles. The first-order valence-corrected chi connectivity index (χ1v) is 10.5. The number of nitrogens with zero attached hydrogens (tertiary/aromatic N) is 4. The number of carbonyl (C=O) groups is 1. The smallest absolute Gasteiger partial charge is 0.209 e. The van der Waals surface area contributed by atoms with Gasteiger partial charge in [0.2, 0.25) is 11.7 Å². The molecule has 0 aromatic carbocycles. The summed E-state index contributed by atoms with van der Waals surface area (Å²) in [5.41, 5.74) is 0.591. The number of aliphatic imine (C=N–C) groups is 1. The molecule has 3 aliphatic rings. The van der Waals surface area contributed by atoms with Crippen LogP contribution in [0.4, 0.5) is 5.82 Å². The lowest BCUT2D eigenvalue weighted by molar-refractivity contribution is -0.139. The summed E-state index contributed by atoms with van der Waals surface area (Å²) in [5, 5.41) is 43.5. The molecule has 0 aliphatic carbocycles. The minimum atomic E-state index is -1.42. The number of rotatable bonds is 7. The molecule has 0 amide bonds. The molecule has 4 rings (SSSR count). The second-order valence-corrected chi connectivity index (χ2v) is 8.05. The number of carbonyl (C=O) groups excluding carboxylic acids is 1. The predicted molar refractivity (Wildman–Crippen MR) is 105 cm³/mol. The Morgan fingerprint density at radius 2 is 2.17 bits per heavy atom. The lowest BCUT2D eigenvalue weighted by Gasteiger charge is -2.39. The molecule has 11 heteroatoms. The van der Waals surface area contributed by atoms with Crippen molar-refractivity contribution in [1.29, 1.82) is 0 Å². The van der Waals surface area contributed by atoms with Crippen molar-refractivity contribution >= 4 is 17.6 Å². The number of aliphatic hydroxyl groups is 4. The normalized spacial score (nSPS) is 31.8. The van der Waals surface area contributed by atoms with Crippen LogP contribution >= 0.6 is 0 Å². The Kier molecular flexibility index (Phi) is 6.07. The lowest BCUT2D eigenvalue weighted by atomic mass is 9.98. The lowest BCUT2D eigenvalue weighted by Crippen LogP contribution is -2.58. The van der Waals surface area contributed by atoms with E-state index in [2.05, 4.69) is 22.2 Å². The van der Waals surface area contributed by atoms with Gasteiger partial charge >= 0.3 is 0 Å². The van der Waals surface area contributed by atoms with Crippen molar-refractivity contribution in [2.75, 3.05) is 11.9 Å². The summed E-state index contributed by atoms with van der Waals surface area (Å²) in [5.74, 6) is 0.343. The Labute approximate surface area is 174 Å². The number of guanidine groups is 1. The van der Waals surface area contributed by atoms with Gasteiger partial charge in [-0.25, -0.2) is 9.98 Å². The minimum absolute atomic E-state index is 0.165. The maximum Gasteiger partial charge on any atom is 0.209 e. The van der Waals surface area contributed by atoms with Crippen molar-refractivity contribution in [3.8, 4) is 0 Å². The van der Waals surface area contributed by atoms with Crippen molar-refractivity contribution in [1.82, 2.24) is 14.5 Å². The van der Waals surface area contributed by atoms with E-state index in [0.29, 0.717) is 24.4 Å². The number of nitrogens with one attached hydrogen (secondary N) is 1. The van der Waals surface area contributed by atoms with E-state index in [9.17, 15) is 25.2 Å². The first kappa shape index (κ1) is 21.2. The van der Waals surface area contributed by atoms with Crippen LogP contribution in [0.5, 0.6) is 0 Å². The fraction of sp³-hybridized carbons (Fsp3) is 0.737. The summed E-state index contributed by atoms with van der Waals surface area (Å²) in [6, 6.07) is -1.03. The molecule has 6 atom stereocenters. The van der Waals surface area contributed by atoms with Crippen molar-refractivity contribution in [3.05, 3.63) is 12.0 Å². The van der Waals surface area contributed by atoms with Gasteiger partial charge in [-0.2, -0.15) is 0 Å². The van der Waals surface area contributed by atoms with Crippen LogP contribution in [-0.2, 0) is 16.1 Å². The van der Waals surface area contributed by atoms with E-state index in [4.69, 9.17) is 4.74 Å². The van der Waals surface area contributed by atoms with E-state index in [0.717, 1.165) is 19.3 Å². The molecule has 0 spiro atoms. The van der Waals surface area contributed by atoms with Gasteiger partial charge in [-0.15, -0.1) is 0 Å². The molecule has 5 N–H and O–H groups in total. The van der Waals surface area contributed by atoms with E-state index in [1.807, 2.05) is 0 Å². The van der Waals surface area contributed by atoms with Gasteiger partial charge in [0.25, 0.3) is 0 Å². The van der Waals surface area contributed by atoms with Crippen molar-refractivity contribution < 1.29 is 30.0 Å². The highest BCUT2D eigenvalue weighted by Crippen LogP contribution is 2.35. The van der Waals surface area contributed by atoms with Crippen molar-refractivity contribution in [2.45, 2.75) is 82.4 Å². The molecular weight excluding hydrogens is 394 g/mol. The summed E-state index contributed by atoms with van der Waals surface area (Å²) < 4.78 is 7.42. The number of imidazole rings is 1. The fourth-order valence-electron chi connectivity index (χ4n) is 4.18. The van der Waals surface area contributed by atoms with Gasteiger partial charge < -0.3 is 35.4 Å². The highest BCUT2D eigenvalue weighted by molar-refractivity contribution is 6.03. The van der Waals surface area contributed by atoms with E-state index in [1.165, 1.54) is 4.90 Å². The van der Waals surface area contributed by atoms with Gasteiger partial charge in [-0.05, 0) is 6.42 Å². The summed E-state index contributed by atoms with van der Waals surface area (Å²) in [4.78, 5) is 22.8. The van der Waals surface area contributed by atoms with Crippen LogP contribution in [0.25, 0.3) is 0 Å². The molecule has 0 unspecified atom stereocenters. The van der Waals surface area contributed by atoms with Gasteiger partial charge in [-0.3, -0.25) is 9.36 Å². The monoisotopic (exact) mass is 423 g/mol. The second kappa shape index (κ2) is 8.60. The maximum absolute atomic E-state index is 12.6. The second-order valence-electron chi connectivity index (χ2n) is 8.05. The third kappa shape index (κ3) is 3.71. The molecule has 1 fully saturated rings. The third-order valence-electron chi connectivity index (χ3n) is 5.96. The molecule has 4 heterocycles. The summed E-state index contributed by atoms with van der Waals surface area (Å²) in [6.45, 7) is 1.94. The zero-order valence-corrected chi connectivity index (χ0v) is 16.9. The summed E-state index contributed by atoms with van der Waals surface area (Å²) >= 11 is 0. The molecule has 1 saturated heterocycles. The van der Waals surface area contributed by atoms with Crippen molar-refractivity contribution in [3.63, 3.8) is 0 Å². The number of aliphatic hydroxyl groups excluding tert-OH is 4. The number of hydrogen-bond acceptors (Lipinski definition) is 10. The maximum atomic E-state index is 12.6. The van der Waals surface area contributed by atoms with Crippen LogP contribution < -0.4 is 5.32 Å². The molecule has 30 heavy (non-hydrogen) atoms. The molecule has 0 radical (unpaired) electrons. The number of aromatic nitrogens is 2. The number of fused-ring (bicyclic) bond motifs is 2. The molecule has 0 saturated carbocycles. The van der Waals surface area contributed by atoms with E-state index >= 15 is 0 Å². The molecule has 11 nitrogen and oxygen atoms in total. The Morgan fingerprint density at radius 1 is 1.37 bits per heavy atom. The van der Waals surface area contributed by atoms with Gasteiger partial charge in [0.15, 0.2) is 6.23 Å². The zero-order valence-electron chi connectivity index (χ0n) is 16.9. The molecule has 1 aromatic rings. The average Bonchev–Trinajstić information content (AvgIpc) is 3.31. The number of ketones is 1. The Bertz CT molecular complexity index is 813. The van der Waals surface area contributed by atoms with Crippen LogP contribution in [0, 0.1) is 0 Å². The van der Waals surface area contributed by atoms with Crippen LogP contribution in [0.15, 0.2) is 11.3 Å². The Balaban J connectivity index is 1.56. The Morgan fingerprint density at radius 3 is 2.87 bits per heavy atom. The highest BCUT2D eigenvalue weighted by atomic mass is 16.5. The number of unbranched alkanes of at least 4 members (excludes halogenated alkanes) is 2. The first-order chi connectivity index (χ1) is 14.4. The van der Waals surface area contributed by atoms with Gasteiger partial charge in [0.05, 0.1) is 31.7 Å². The standard InChI is InChI=1S/C19H29N5O6/c1-2-3-4-5-11(26)15-16(28)18(29)23-7-10-17(22-19(23)21-15)24(9-20-10)14-6-12(27)13(8-25)30-14/h9,11-15,18,25-27,29H,2-8H2,1H3,(H,21,22)/t11-,12-,13+,14+,15-,18+/m0/s1. The molecule has 3 aliphatic heterocycles. The van der Waals surface area contributed by atoms with Gasteiger partial charge in [-0.1, -0.05) is 26.2 Å². The minimum Gasteiger partial charge on any atom is -0.394 e. The van der Waals surface area contributed by atoms with Crippen LogP contribution in [0.1, 0.15) is 50.9 Å². The topological polar surface area (TPSA) is 153 Å². The number of anilines is 1. The average molecular weight is 423 g/mol. The zero-order chi connectivity index (χ0) is 21.4. The van der Waals surface area contributed by atoms with E-state index < -0.39 is 42.6 Å². The first-order valence-electron chi connectivity index (χ1n) is 10.5. The summed E-state index contributed by atoms with van der Waals surface area (Å²) in [7, 11) is 0. The third-order valence-corrected chi connectivity index (χ3v) is 5.96. The van der Waals surface area contributed by atoms with Crippen LogP contribution in [0.3, 0.4) is 0 Å². The van der Waals surface area contributed by atoms with E-state index in [1.54, 1.807) is 10.9 Å². The Hall–Kier alpha value is -2.05. The quantitative estimate of drug-likeness (QED) is 0.359. The van der Waals surface area contributed by atoms with Crippen LogP contribution in [0.2, 0.25) is 0 Å². The van der Waals surface area contributed by atoms with Crippen molar-refractivity contribution in [2.24, 2.45) is 4.99 Å². The SMILES string of the molecule is CCCCC[C@H](O)[C@@H]1N=C2Nc3c(ncn3[C@H]3C[C@H](O)[C@@H](CO)O3)CN2[C@H](O)C1=O. The number of ether oxygens (including phenoxy) is 1. The molecule has 166 valence electrons. The van der Waals surface area contributed by atoms with Gasteiger partial charge in [0, 0.05) is 6.42 Å².